The Morgan fingerprint density at radius 2 is 1.88 bits per heavy atom. The van der Waals surface area contributed by atoms with Gasteiger partial charge in [-0.25, -0.2) is 0 Å². The molecule has 16 heavy (non-hydrogen) atoms. The van der Waals surface area contributed by atoms with E-state index in [9.17, 15) is 0 Å². The van der Waals surface area contributed by atoms with Gasteiger partial charge in [-0.15, -0.1) is 0 Å². The van der Waals surface area contributed by atoms with Crippen molar-refractivity contribution in [2.45, 2.75) is 45.4 Å². The first-order valence-electron chi connectivity index (χ1n) is 7.31. The second-order valence-corrected chi connectivity index (χ2v) is 5.73. The van der Waals surface area contributed by atoms with Crippen LogP contribution in [0.1, 0.15) is 45.4 Å². The Bertz CT molecular complexity index is 187. The normalized spacial score (nSPS) is 28.7. The molecule has 1 atom stereocenters. The number of hydrogen-bond acceptors (Lipinski definition) is 2. The molecule has 0 radical (unpaired) electrons. The van der Waals surface area contributed by atoms with Crippen molar-refractivity contribution in [1.82, 2.24) is 10.2 Å². The molecule has 0 aliphatic carbocycles. The van der Waals surface area contributed by atoms with E-state index in [0.29, 0.717) is 0 Å². The predicted molar refractivity (Wildman–Crippen MR) is 69.7 cm³/mol. The number of hydrogen-bond donors (Lipinski definition) is 1. The number of nitrogens with zero attached hydrogens (tertiary/aromatic N) is 1. The minimum absolute atomic E-state index is 1.01. The zero-order valence-electron chi connectivity index (χ0n) is 10.9. The minimum Gasteiger partial charge on any atom is -0.317 e. The highest BCUT2D eigenvalue weighted by Gasteiger charge is 2.22. The summed E-state index contributed by atoms with van der Waals surface area (Å²) in [5, 5.41) is 3.45. The molecule has 2 rings (SSSR count). The second kappa shape index (κ2) is 6.61. The van der Waals surface area contributed by atoms with Crippen LogP contribution < -0.4 is 5.32 Å². The quantitative estimate of drug-likeness (QED) is 0.772. The van der Waals surface area contributed by atoms with E-state index in [1.807, 2.05) is 0 Å². The van der Waals surface area contributed by atoms with Gasteiger partial charge in [-0.2, -0.15) is 0 Å². The molecule has 0 saturated carbocycles. The number of nitrogens with one attached hydrogen (secondary N) is 1. The van der Waals surface area contributed by atoms with Gasteiger partial charge < -0.3 is 10.2 Å². The molecular formula is C14H28N2. The van der Waals surface area contributed by atoms with Crippen LogP contribution in [-0.4, -0.2) is 37.6 Å². The Hall–Kier alpha value is -0.0800. The van der Waals surface area contributed by atoms with E-state index in [4.69, 9.17) is 0 Å². The molecule has 2 saturated heterocycles. The van der Waals surface area contributed by atoms with Gasteiger partial charge in [-0.3, -0.25) is 0 Å². The summed E-state index contributed by atoms with van der Waals surface area (Å²) in [6, 6.07) is 0. The molecule has 1 unspecified atom stereocenters. The third kappa shape index (κ3) is 3.74. The zero-order valence-corrected chi connectivity index (χ0v) is 10.9. The lowest BCUT2D eigenvalue weighted by Gasteiger charge is -2.25. The molecule has 2 heterocycles. The van der Waals surface area contributed by atoms with E-state index >= 15 is 0 Å². The van der Waals surface area contributed by atoms with Crippen LogP contribution >= 0.6 is 0 Å². The summed E-state index contributed by atoms with van der Waals surface area (Å²) < 4.78 is 0. The molecule has 2 aliphatic rings. The van der Waals surface area contributed by atoms with Gasteiger partial charge in [0.1, 0.15) is 0 Å². The monoisotopic (exact) mass is 224 g/mol. The van der Waals surface area contributed by atoms with Crippen LogP contribution in [0.25, 0.3) is 0 Å². The van der Waals surface area contributed by atoms with E-state index < -0.39 is 0 Å². The lowest BCUT2D eigenvalue weighted by atomic mass is 9.94. The third-order valence-electron chi connectivity index (χ3n) is 4.38. The van der Waals surface area contributed by atoms with Crippen molar-refractivity contribution < 1.29 is 0 Å². The van der Waals surface area contributed by atoms with Crippen LogP contribution in [0, 0.1) is 11.8 Å². The summed E-state index contributed by atoms with van der Waals surface area (Å²) in [7, 11) is 0. The Kier molecular flexibility index (Phi) is 5.11. The topological polar surface area (TPSA) is 15.3 Å². The molecule has 0 aromatic heterocycles. The lowest BCUT2D eigenvalue weighted by Crippen LogP contribution is -2.30. The molecule has 0 amide bonds. The van der Waals surface area contributed by atoms with E-state index in [1.165, 1.54) is 71.2 Å². The number of piperidine rings is 1. The van der Waals surface area contributed by atoms with Crippen molar-refractivity contribution in [2.24, 2.45) is 11.8 Å². The molecule has 0 aromatic rings. The van der Waals surface area contributed by atoms with Crippen molar-refractivity contribution in [3.05, 3.63) is 0 Å². The molecule has 2 aliphatic heterocycles. The average molecular weight is 224 g/mol. The smallest absolute Gasteiger partial charge is 0.00101 e. The van der Waals surface area contributed by atoms with Crippen LogP contribution in [0.4, 0.5) is 0 Å². The van der Waals surface area contributed by atoms with Crippen molar-refractivity contribution in [3.63, 3.8) is 0 Å². The fourth-order valence-corrected chi connectivity index (χ4v) is 3.30. The van der Waals surface area contributed by atoms with Gasteiger partial charge in [0.05, 0.1) is 0 Å². The average Bonchev–Trinajstić information content (AvgIpc) is 2.76. The molecule has 94 valence electrons. The van der Waals surface area contributed by atoms with Crippen molar-refractivity contribution in [3.8, 4) is 0 Å². The highest BCUT2D eigenvalue weighted by Crippen LogP contribution is 2.23. The molecule has 2 fully saturated rings. The molecule has 0 spiro atoms. The van der Waals surface area contributed by atoms with Gasteiger partial charge in [0.25, 0.3) is 0 Å². The minimum atomic E-state index is 1.01. The number of rotatable bonds is 5. The largest absolute Gasteiger partial charge is 0.317 e. The van der Waals surface area contributed by atoms with Crippen molar-refractivity contribution >= 4 is 0 Å². The summed E-state index contributed by atoms with van der Waals surface area (Å²) in [4.78, 5) is 2.71. The van der Waals surface area contributed by atoms with E-state index in [-0.39, 0.29) is 0 Å². The van der Waals surface area contributed by atoms with Gasteiger partial charge >= 0.3 is 0 Å². The third-order valence-corrected chi connectivity index (χ3v) is 4.38. The fourth-order valence-electron chi connectivity index (χ4n) is 3.30. The van der Waals surface area contributed by atoms with Gasteiger partial charge in [0, 0.05) is 6.54 Å². The summed E-state index contributed by atoms with van der Waals surface area (Å²) in [6.07, 6.45) is 8.54. The predicted octanol–water partition coefficient (Wildman–Crippen LogP) is 2.50. The maximum atomic E-state index is 3.45. The van der Waals surface area contributed by atoms with Gasteiger partial charge in [0.15, 0.2) is 0 Å². The Morgan fingerprint density at radius 1 is 1.06 bits per heavy atom. The van der Waals surface area contributed by atoms with Crippen LogP contribution in [0.5, 0.6) is 0 Å². The molecular weight excluding hydrogens is 196 g/mol. The first-order valence-corrected chi connectivity index (χ1v) is 7.31. The Balaban J connectivity index is 1.59. The highest BCUT2D eigenvalue weighted by molar-refractivity contribution is 4.77. The van der Waals surface area contributed by atoms with Gasteiger partial charge in [-0.1, -0.05) is 13.3 Å². The van der Waals surface area contributed by atoms with E-state index in [1.54, 1.807) is 0 Å². The maximum absolute atomic E-state index is 3.45. The van der Waals surface area contributed by atoms with Crippen LogP contribution in [0.15, 0.2) is 0 Å². The Labute approximate surface area is 101 Å². The van der Waals surface area contributed by atoms with Gasteiger partial charge in [0.2, 0.25) is 0 Å². The van der Waals surface area contributed by atoms with Crippen LogP contribution in [-0.2, 0) is 0 Å². The first-order chi connectivity index (χ1) is 7.88. The molecule has 0 bridgehead atoms. The highest BCUT2D eigenvalue weighted by atomic mass is 15.1. The van der Waals surface area contributed by atoms with E-state index in [0.717, 1.165) is 11.8 Å². The maximum Gasteiger partial charge on any atom is 0.00101 e. The Morgan fingerprint density at radius 3 is 2.62 bits per heavy atom. The van der Waals surface area contributed by atoms with E-state index in [2.05, 4.69) is 17.1 Å². The number of likely N-dealkylation sites (tertiary alicyclic amines) is 1. The SMILES string of the molecule is CCCC1CCN(CCC2CCNCC2)C1. The summed E-state index contributed by atoms with van der Waals surface area (Å²) in [5.74, 6) is 2.02. The molecule has 1 N–H and O–H groups in total. The summed E-state index contributed by atoms with van der Waals surface area (Å²) in [5.41, 5.74) is 0. The van der Waals surface area contributed by atoms with Crippen molar-refractivity contribution in [1.29, 1.82) is 0 Å². The molecule has 2 heteroatoms. The van der Waals surface area contributed by atoms with Gasteiger partial charge in [-0.05, 0) is 70.1 Å². The molecule has 0 aromatic carbocycles. The zero-order chi connectivity index (χ0) is 11.2. The van der Waals surface area contributed by atoms with Crippen LogP contribution in [0.3, 0.4) is 0 Å². The molecule has 2 nitrogen and oxygen atoms in total. The van der Waals surface area contributed by atoms with Crippen molar-refractivity contribution in [2.75, 3.05) is 32.7 Å². The lowest BCUT2D eigenvalue weighted by molar-refractivity contribution is 0.264. The second-order valence-electron chi connectivity index (χ2n) is 5.73. The fraction of sp³-hybridized carbons (Fsp3) is 1.00. The summed E-state index contributed by atoms with van der Waals surface area (Å²) >= 11 is 0. The summed E-state index contributed by atoms with van der Waals surface area (Å²) in [6.45, 7) is 8.95. The first kappa shape index (κ1) is 12.4. The van der Waals surface area contributed by atoms with Crippen LogP contribution in [0.2, 0.25) is 0 Å². The standard InChI is InChI=1S/C14H28N2/c1-2-3-14-7-11-16(12-14)10-6-13-4-8-15-9-5-13/h13-15H,2-12H2,1H3.